The highest BCUT2D eigenvalue weighted by Crippen LogP contribution is 2.26. The van der Waals surface area contributed by atoms with Crippen LogP contribution in [0.4, 0.5) is 0 Å². The van der Waals surface area contributed by atoms with Crippen molar-refractivity contribution in [2.45, 2.75) is 13.3 Å². The van der Waals surface area contributed by atoms with Gasteiger partial charge in [0.25, 0.3) is 5.91 Å². The molecule has 1 aromatic heterocycles. The summed E-state index contributed by atoms with van der Waals surface area (Å²) >= 11 is 0. The van der Waals surface area contributed by atoms with E-state index >= 15 is 0 Å². The van der Waals surface area contributed by atoms with Gasteiger partial charge in [0.2, 0.25) is 0 Å². The topological polar surface area (TPSA) is 33.2 Å². The summed E-state index contributed by atoms with van der Waals surface area (Å²) in [5, 5.41) is 0. The minimum atomic E-state index is 0.133. The van der Waals surface area contributed by atoms with Crippen LogP contribution in [0, 0.1) is 5.92 Å². The number of carbonyl (C=O) groups is 1. The highest BCUT2D eigenvalue weighted by molar-refractivity contribution is 6.00. The van der Waals surface area contributed by atoms with E-state index in [4.69, 9.17) is 0 Å². The van der Waals surface area contributed by atoms with E-state index in [-0.39, 0.29) is 5.91 Å². The van der Waals surface area contributed by atoms with Crippen LogP contribution in [0.5, 0.6) is 0 Å². The van der Waals surface area contributed by atoms with Gasteiger partial charge in [-0.3, -0.25) is 9.78 Å². The Balaban J connectivity index is 1.96. The second-order valence-electron chi connectivity index (χ2n) is 5.43. The van der Waals surface area contributed by atoms with E-state index in [0.717, 1.165) is 36.2 Å². The second kappa shape index (κ2) is 5.45. The number of nitrogens with zero attached hydrogens (tertiary/aromatic N) is 2. The lowest BCUT2D eigenvalue weighted by atomic mass is 10.0. The number of amides is 1. The van der Waals surface area contributed by atoms with Gasteiger partial charge in [-0.2, -0.15) is 0 Å². The summed E-state index contributed by atoms with van der Waals surface area (Å²) in [5.74, 6) is 0.735. The molecule has 2 aromatic rings. The molecule has 3 heteroatoms. The third kappa shape index (κ3) is 2.44. The van der Waals surface area contributed by atoms with Gasteiger partial charge in [-0.25, -0.2) is 0 Å². The van der Waals surface area contributed by atoms with Crippen molar-refractivity contribution < 1.29 is 4.79 Å². The zero-order valence-electron chi connectivity index (χ0n) is 11.6. The first-order valence-corrected chi connectivity index (χ1v) is 7.04. The van der Waals surface area contributed by atoms with Gasteiger partial charge < -0.3 is 4.90 Å². The molecule has 3 rings (SSSR count). The van der Waals surface area contributed by atoms with E-state index in [1.165, 1.54) is 0 Å². The summed E-state index contributed by atoms with van der Waals surface area (Å²) < 4.78 is 0. The molecular weight excluding hydrogens is 248 g/mol. The molecule has 0 bridgehead atoms. The maximum Gasteiger partial charge on any atom is 0.254 e. The Morgan fingerprint density at radius 1 is 1.25 bits per heavy atom. The summed E-state index contributed by atoms with van der Waals surface area (Å²) in [5.41, 5.74) is 2.73. The van der Waals surface area contributed by atoms with Crippen LogP contribution >= 0.6 is 0 Å². The molecular formula is C17H18N2O. The van der Waals surface area contributed by atoms with E-state index in [1.54, 1.807) is 12.4 Å². The van der Waals surface area contributed by atoms with Crippen LogP contribution in [0.15, 0.2) is 48.8 Å². The van der Waals surface area contributed by atoms with Gasteiger partial charge in [-0.1, -0.05) is 31.2 Å². The van der Waals surface area contributed by atoms with Crippen molar-refractivity contribution >= 4 is 5.91 Å². The minimum Gasteiger partial charge on any atom is -0.338 e. The Morgan fingerprint density at radius 3 is 2.80 bits per heavy atom. The van der Waals surface area contributed by atoms with E-state index in [9.17, 15) is 4.79 Å². The first-order chi connectivity index (χ1) is 9.75. The van der Waals surface area contributed by atoms with Crippen LogP contribution in [0.2, 0.25) is 0 Å². The molecule has 1 aliphatic heterocycles. The predicted octanol–water partition coefficient (Wildman–Crippen LogP) is 3.23. The molecule has 1 amide bonds. The molecule has 1 aliphatic rings. The van der Waals surface area contributed by atoms with Gasteiger partial charge in [0.05, 0.1) is 0 Å². The van der Waals surface area contributed by atoms with Gasteiger partial charge >= 0.3 is 0 Å². The number of pyridine rings is 1. The van der Waals surface area contributed by atoms with Crippen molar-refractivity contribution in [3.05, 3.63) is 54.4 Å². The molecule has 0 radical (unpaired) electrons. The third-order valence-corrected chi connectivity index (χ3v) is 3.84. The number of aromatic nitrogens is 1. The molecule has 1 unspecified atom stereocenters. The number of carbonyl (C=O) groups excluding carboxylic acids is 1. The van der Waals surface area contributed by atoms with Crippen LogP contribution in [0.1, 0.15) is 23.7 Å². The maximum absolute atomic E-state index is 12.7. The first-order valence-electron chi connectivity index (χ1n) is 7.04. The van der Waals surface area contributed by atoms with Crippen molar-refractivity contribution in [3.8, 4) is 11.1 Å². The van der Waals surface area contributed by atoms with Crippen molar-refractivity contribution in [2.24, 2.45) is 5.92 Å². The average molecular weight is 266 g/mol. The molecule has 0 spiro atoms. The second-order valence-corrected chi connectivity index (χ2v) is 5.43. The zero-order chi connectivity index (χ0) is 13.9. The fraction of sp³-hybridized carbons (Fsp3) is 0.294. The molecule has 0 N–H and O–H groups in total. The average Bonchev–Trinajstić information content (AvgIpc) is 2.94. The highest BCUT2D eigenvalue weighted by atomic mass is 16.2. The van der Waals surface area contributed by atoms with Crippen molar-refractivity contribution in [3.63, 3.8) is 0 Å². The van der Waals surface area contributed by atoms with Gasteiger partial charge in [0.1, 0.15) is 0 Å². The SMILES string of the molecule is CC1CCN(C(=O)c2ccccc2-c2cccnc2)C1. The van der Waals surface area contributed by atoms with E-state index in [2.05, 4.69) is 11.9 Å². The van der Waals surface area contributed by atoms with E-state index < -0.39 is 0 Å². The summed E-state index contributed by atoms with van der Waals surface area (Å²) in [4.78, 5) is 18.8. The molecule has 1 aromatic carbocycles. The first kappa shape index (κ1) is 12.9. The minimum absolute atomic E-state index is 0.133. The molecule has 102 valence electrons. The maximum atomic E-state index is 12.7. The van der Waals surface area contributed by atoms with Gasteiger partial charge in [-0.15, -0.1) is 0 Å². The Hall–Kier alpha value is -2.16. The molecule has 1 saturated heterocycles. The van der Waals surface area contributed by atoms with Crippen molar-refractivity contribution in [1.82, 2.24) is 9.88 Å². The molecule has 3 nitrogen and oxygen atoms in total. The van der Waals surface area contributed by atoms with Crippen LogP contribution in [0.3, 0.4) is 0 Å². The molecule has 1 fully saturated rings. The standard InChI is InChI=1S/C17H18N2O/c1-13-8-10-19(12-13)17(20)16-7-3-2-6-15(16)14-5-4-9-18-11-14/h2-7,9,11,13H,8,10,12H2,1H3. The van der Waals surface area contributed by atoms with Gasteiger partial charge in [0, 0.05) is 36.6 Å². The monoisotopic (exact) mass is 266 g/mol. The molecule has 2 heterocycles. The third-order valence-electron chi connectivity index (χ3n) is 3.84. The van der Waals surface area contributed by atoms with Crippen LogP contribution in [-0.4, -0.2) is 28.9 Å². The molecule has 0 aliphatic carbocycles. The van der Waals surface area contributed by atoms with Crippen molar-refractivity contribution in [1.29, 1.82) is 0 Å². The zero-order valence-corrected chi connectivity index (χ0v) is 11.6. The molecule has 1 atom stereocenters. The van der Waals surface area contributed by atoms with E-state index in [1.807, 2.05) is 41.3 Å². The van der Waals surface area contributed by atoms with Gasteiger partial charge in [-0.05, 0) is 30.0 Å². The molecule has 20 heavy (non-hydrogen) atoms. The lowest BCUT2D eigenvalue weighted by Gasteiger charge is -2.18. The number of hydrogen-bond donors (Lipinski definition) is 0. The smallest absolute Gasteiger partial charge is 0.254 e. The number of benzene rings is 1. The number of hydrogen-bond acceptors (Lipinski definition) is 2. The van der Waals surface area contributed by atoms with Crippen LogP contribution in [0.25, 0.3) is 11.1 Å². The Kier molecular flexibility index (Phi) is 3.50. The van der Waals surface area contributed by atoms with Crippen LogP contribution in [-0.2, 0) is 0 Å². The van der Waals surface area contributed by atoms with Gasteiger partial charge in [0.15, 0.2) is 0 Å². The Labute approximate surface area is 119 Å². The number of rotatable bonds is 2. The summed E-state index contributed by atoms with van der Waals surface area (Å²) in [6.07, 6.45) is 4.65. The summed E-state index contributed by atoms with van der Waals surface area (Å²) in [7, 11) is 0. The Bertz CT molecular complexity index is 609. The molecule has 0 saturated carbocycles. The predicted molar refractivity (Wildman–Crippen MR) is 79.4 cm³/mol. The Morgan fingerprint density at radius 2 is 2.10 bits per heavy atom. The lowest BCUT2D eigenvalue weighted by molar-refractivity contribution is 0.0789. The number of likely N-dealkylation sites (tertiary alicyclic amines) is 1. The fourth-order valence-corrected chi connectivity index (χ4v) is 2.73. The quantitative estimate of drug-likeness (QED) is 0.836. The highest BCUT2D eigenvalue weighted by Gasteiger charge is 2.25. The largest absolute Gasteiger partial charge is 0.338 e. The van der Waals surface area contributed by atoms with Crippen molar-refractivity contribution in [2.75, 3.05) is 13.1 Å². The van der Waals surface area contributed by atoms with E-state index in [0.29, 0.717) is 5.92 Å². The lowest BCUT2D eigenvalue weighted by Crippen LogP contribution is -2.28. The summed E-state index contributed by atoms with van der Waals surface area (Å²) in [6.45, 7) is 3.92. The fourth-order valence-electron chi connectivity index (χ4n) is 2.73. The van der Waals surface area contributed by atoms with Crippen LogP contribution < -0.4 is 0 Å². The normalized spacial score (nSPS) is 18.2. The summed E-state index contributed by atoms with van der Waals surface area (Å²) in [6, 6.07) is 11.7.